The summed E-state index contributed by atoms with van der Waals surface area (Å²) >= 11 is 0. The molecule has 0 spiro atoms. The molecule has 36 heavy (non-hydrogen) atoms. The molecule has 3 aromatic rings. The highest BCUT2D eigenvalue weighted by molar-refractivity contribution is 6.00. The molecule has 3 heterocycles. The van der Waals surface area contributed by atoms with Crippen molar-refractivity contribution in [3.63, 3.8) is 0 Å². The van der Waals surface area contributed by atoms with Gasteiger partial charge in [0.1, 0.15) is 17.5 Å². The third-order valence-corrected chi connectivity index (χ3v) is 5.96. The largest absolute Gasteiger partial charge is 0.337 e. The molecule has 0 bridgehead atoms. The Kier molecular flexibility index (Phi) is 6.68. The number of urea groups is 1. The number of halogens is 1. The highest BCUT2D eigenvalue weighted by Crippen LogP contribution is 2.28. The minimum Gasteiger partial charge on any atom is -0.337 e. The van der Waals surface area contributed by atoms with Crippen LogP contribution in [-0.4, -0.2) is 39.9 Å². The Labute approximate surface area is 208 Å². The lowest BCUT2D eigenvalue weighted by molar-refractivity contribution is 0.262. The summed E-state index contributed by atoms with van der Waals surface area (Å²) in [5.41, 5.74) is 1.92. The zero-order valence-corrected chi connectivity index (χ0v) is 21.2. The summed E-state index contributed by atoms with van der Waals surface area (Å²) in [4.78, 5) is 30.4. The Bertz CT molecular complexity index is 1400. The number of nitrogens with one attached hydrogen (secondary N) is 4. The van der Waals surface area contributed by atoms with Crippen molar-refractivity contribution in [3.05, 3.63) is 57.8 Å². The van der Waals surface area contributed by atoms with Gasteiger partial charge in [-0.3, -0.25) is 29.7 Å². The van der Waals surface area contributed by atoms with Crippen LogP contribution in [0.1, 0.15) is 39.0 Å². The molecule has 4 rings (SSSR count). The van der Waals surface area contributed by atoms with E-state index in [2.05, 4.69) is 31.4 Å². The number of aryl methyl sites for hydroxylation is 1. The lowest BCUT2D eigenvalue weighted by Crippen LogP contribution is -2.38. The van der Waals surface area contributed by atoms with Crippen LogP contribution in [0.2, 0.25) is 0 Å². The van der Waals surface area contributed by atoms with E-state index >= 15 is 0 Å². The fourth-order valence-corrected chi connectivity index (χ4v) is 3.93. The van der Waals surface area contributed by atoms with Gasteiger partial charge < -0.3 is 10.6 Å². The summed E-state index contributed by atoms with van der Waals surface area (Å²) in [5, 5.41) is 15.9. The number of carbonyl (C=O) groups excluding carboxylic acids is 1. The van der Waals surface area contributed by atoms with Crippen molar-refractivity contribution >= 4 is 29.6 Å². The van der Waals surface area contributed by atoms with Crippen LogP contribution in [0.15, 0.2) is 40.1 Å². The normalized spacial score (nSPS) is 14.8. The fraction of sp³-hybridized carbons (Fsp3) is 0.360. The van der Waals surface area contributed by atoms with Crippen molar-refractivity contribution in [1.29, 1.82) is 0 Å². The predicted molar refractivity (Wildman–Crippen MR) is 140 cm³/mol. The van der Waals surface area contributed by atoms with Crippen LogP contribution >= 0.6 is 0 Å². The molecule has 0 saturated carbocycles. The monoisotopic (exact) mass is 494 g/mol. The van der Waals surface area contributed by atoms with Crippen LogP contribution in [0.5, 0.6) is 0 Å². The third kappa shape index (κ3) is 4.87. The summed E-state index contributed by atoms with van der Waals surface area (Å²) in [6.07, 6.45) is 1.36. The highest BCUT2D eigenvalue weighted by Gasteiger charge is 2.22. The summed E-state index contributed by atoms with van der Waals surface area (Å²) in [6.45, 7) is 8.37. The molecule has 190 valence electrons. The van der Waals surface area contributed by atoms with Gasteiger partial charge >= 0.3 is 6.03 Å². The van der Waals surface area contributed by atoms with E-state index in [1.54, 1.807) is 41.7 Å². The maximum Gasteiger partial charge on any atom is 0.324 e. The van der Waals surface area contributed by atoms with Crippen LogP contribution in [0.3, 0.4) is 0 Å². The van der Waals surface area contributed by atoms with E-state index in [1.165, 1.54) is 18.2 Å². The quantitative estimate of drug-likeness (QED) is 0.432. The minimum atomic E-state index is -0.625. The van der Waals surface area contributed by atoms with Gasteiger partial charge in [0, 0.05) is 42.4 Å². The molecule has 1 unspecified atom stereocenters. The standard InChI is InChI=1S/C25H31FN8O2/c1-7-34-21-15(13-28-23(27-5)31-21)10-16(22(34)35)14-8-9-17(26)18(11-14)29-24(36)30-20-12-19(25(2,3)4)32-33(20)6/h8-13,23,27,31H,7H2,1-6H3,(H2,29,30,36). The fourth-order valence-electron chi connectivity index (χ4n) is 3.93. The zero-order valence-electron chi connectivity index (χ0n) is 21.2. The second-order valence-corrected chi connectivity index (χ2v) is 9.59. The lowest BCUT2D eigenvalue weighted by Gasteiger charge is -2.25. The molecule has 1 aliphatic heterocycles. The van der Waals surface area contributed by atoms with Gasteiger partial charge in [-0.05, 0) is 37.7 Å². The Morgan fingerprint density at radius 2 is 1.94 bits per heavy atom. The predicted octanol–water partition coefficient (Wildman–Crippen LogP) is 3.70. The van der Waals surface area contributed by atoms with Crippen molar-refractivity contribution in [2.75, 3.05) is 23.0 Å². The summed E-state index contributed by atoms with van der Waals surface area (Å²) in [6, 6.07) is 7.06. The second kappa shape index (κ2) is 9.57. The first-order valence-corrected chi connectivity index (χ1v) is 11.7. The van der Waals surface area contributed by atoms with Gasteiger partial charge in [0.25, 0.3) is 5.56 Å². The van der Waals surface area contributed by atoms with Crippen LogP contribution < -0.4 is 26.8 Å². The number of rotatable bonds is 5. The lowest BCUT2D eigenvalue weighted by atomic mass is 9.92. The molecule has 10 nitrogen and oxygen atoms in total. The number of aromatic nitrogens is 3. The highest BCUT2D eigenvalue weighted by atomic mass is 19.1. The maximum atomic E-state index is 14.6. The summed E-state index contributed by atoms with van der Waals surface area (Å²) in [7, 11) is 3.49. The number of aliphatic imine (C=N–C) groups is 1. The van der Waals surface area contributed by atoms with Gasteiger partial charge in [-0.25, -0.2) is 9.18 Å². The van der Waals surface area contributed by atoms with Crippen LogP contribution in [0, 0.1) is 5.82 Å². The second-order valence-electron chi connectivity index (χ2n) is 9.59. The molecule has 1 aromatic carbocycles. The van der Waals surface area contributed by atoms with E-state index in [9.17, 15) is 14.0 Å². The number of benzene rings is 1. The van der Waals surface area contributed by atoms with Gasteiger partial charge in [0.2, 0.25) is 0 Å². The van der Waals surface area contributed by atoms with Crippen LogP contribution in [0.4, 0.5) is 26.5 Å². The van der Waals surface area contributed by atoms with Gasteiger partial charge in [0.15, 0.2) is 6.29 Å². The Hall–Kier alpha value is -3.99. The number of carbonyl (C=O) groups is 1. The number of hydrogen-bond acceptors (Lipinski definition) is 6. The molecule has 1 atom stereocenters. The van der Waals surface area contributed by atoms with Crippen molar-refractivity contribution in [3.8, 4) is 11.1 Å². The van der Waals surface area contributed by atoms with E-state index < -0.39 is 11.8 Å². The molecular weight excluding hydrogens is 463 g/mol. The Balaban J connectivity index is 1.63. The van der Waals surface area contributed by atoms with Crippen LogP contribution in [0.25, 0.3) is 11.1 Å². The molecule has 2 amide bonds. The topological polar surface area (TPSA) is 117 Å². The SMILES string of the molecule is CCn1c2c(cc(-c3ccc(F)c(NC(=O)Nc4cc(C(C)(C)C)nn4C)c3)c1=O)C=NC(NC)N2. The first-order chi connectivity index (χ1) is 17.0. The Morgan fingerprint density at radius 3 is 2.58 bits per heavy atom. The van der Waals surface area contributed by atoms with E-state index in [0.717, 1.165) is 11.3 Å². The Morgan fingerprint density at radius 1 is 1.19 bits per heavy atom. The number of nitrogens with zero attached hydrogens (tertiary/aromatic N) is 4. The van der Waals surface area contributed by atoms with Crippen LogP contribution in [-0.2, 0) is 19.0 Å². The molecule has 11 heteroatoms. The first-order valence-electron chi connectivity index (χ1n) is 11.7. The van der Waals surface area contributed by atoms with E-state index in [1.807, 2.05) is 27.7 Å². The molecule has 0 fully saturated rings. The first kappa shape index (κ1) is 25.1. The van der Waals surface area contributed by atoms with Crippen molar-refractivity contribution < 1.29 is 9.18 Å². The number of amides is 2. The van der Waals surface area contributed by atoms with Gasteiger partial charge in [-0.1, -0.05) is 26.8 Å². The minimum absolute atomic E-state index is 0.0505. The van der Waals surface area contributed by atoms with Crippen molar-refractivity contribution in [2.24, 2.45) is 12.0 Å². The average molecular weight is 495 g/mol. The van der Waals surface area contributed by atoms with Crippen molar-refractivity contribution in [1.82, 2.24) is 19.7 Å². The van der Waals surface area contributed by atoms with Crippen molar-refractivity contribution in [2.45, 2.75) is 45.9 Å². The zero-order chi connectivity index (χ0) is 26.2. The number of hydrogen-bond donors (Lipinski definition) is 4. The molecule has 0 saturated heterocycles. The molecule has 4 N–H and O–H groups in total. The molecule has 1 aliphatic rings. The number of fused-ring (bicyclic) bond motifs is 1. The summed E-state index contributed by atoms with van der Waals surface area (Å²) < 4.78 is 17.8. The molecule has 0 radical (unpaired) electrons. The summed E-state index contributed by atoms with van der Waals surface area (Å²) in [5.74, 6) is 0.510. The molecular formula is C25H31FN8O2. The van der Waals surface area contributed by atoms with E-state index in [-0.39, 0.29) is 23.0 Å². The average Bonchev–Trinajstić information content (AvgIpc) is 3.20. The number of anilines is 3. The van der Waals surface area contributed by atoms with Gasteiger partial charge in [0.05, 0.1) is 11.4 Å². The number of pyridine rings is 1. The van der Waals surface area contributed by atoms with Gasteiger partial charge in [-0.15, -0.1) is 0 Å². The molecule has 2 aromatic heterocycles. The third-order valence-electron chi connectivity index (χ3n) is 5.96. The van der Waals surface area contributed by atoms with Gasteiger partial charge in [-0.2, -0.15) is 5.10 Å². The maximum absolute atomic E-state index is 14.6. The smallest absolute Gasteiger partial charge is 0.324 e. The van der Waals surface area contributed by atoms with E-state index in [0.29, 0.717) is 29.3 Å². The van der Waals surface area contributed by atoms with E-state index in [4.69, 9.17) is 0 Å². The molecule has 0 aliphatic carbocycles.